The quantitative estimate of drug-likeness (QED) is 0.881. The molecule has 1 aliphatic heterocycles. The van der Waals surface area contributed by atoms with E-state index >= 15 is 0 Å². The summed E-state index contributed by atoms with van der Waals surface area (Å²) in [6.45, 7) is 3.91. The molecule has 1 aliphatic rings. The first-order valence-corrected chi connectivity index (χ1v) is 6.74. The Morgan fingerprint density at radius 2 is 2.12 bits per heavy atom. The summed E-state index contributed by atoms with van der Waals surface area (Å²) in [6.07, 6.45) is 1.86. The van der Waals surface area contributed by atoms with E-state index in [1.54, 1.807) is 0 Å². The third-order valence-corrected chi connectivity index (χ3v) is 4.00. The van der Waals surface area contributed by atoms with Gasteiger partial charge in [-0.2, -0.15) is 0 Å². The van der Waals surface area contributed by atoms with Gasteiger partial charge in [0.2, 0.25) is 5.91 Å². The Morgan fingerprint density at radius 3 is 2.76 bits per heavy atom. The normalized spacial score (nSPS) is 16.8. The highest BCUT2D eigenvalue weighted by Gasteiger charge is 2.20. The minimum atomic E-state index is 0.141. The van der Waals surface area contributed by atoms with Crippen molar-refractivity contribution in [2.45, 2.75) is 19.8 Å². The summed E-state index contributed by atoms with van der Waals surface area (Å²) in [4.78, 5) is 12.0. The Balaban J connectivity index is 1.99. The van der Waals surface area contributed by atoms with Crippen molar-refractivity contribution in [2.75, 3.05) is 18.4 Å². The lowest BCUT2D eigenvalue weighted by Crippen LogP contribution is -2.34. The van der Waals surface area contributed by atoms with Crippen LogP contribution in [0.3, 0.4) is 0 Å². The number of hydrogen-bond acceptors (Lipinski definition) is 2. The predicted octanol–water partition coefficient (Wildman–Crippen LogP) is 2.70. The maximum atomic E-state index is 12.0. The predicted molar refractivity (Wildman–Crippen MR) is 73.1 cm³/mol. The molecular weight excluding hydrogens is 280 g/mol. The van der Waals surface area contributed by atoms with Crippen molar-refractivity contribution in [1.29, 1.82) is 0 Å². The minimum absolute atomic E-state index is 0.141. The molecule has 1 aromatic rings. The molecule has 0 aliphatic carbocycles. The van der Waals surface area contributed by atoms with Crippen LogP contribution in [0.5, 0.6) is 0 Å². The van der Waals surface area contributed by atoms with Gasteiger partial charge in [0.25, 0.3) is 0 Å². The maximum Gasteiger partial charge on any atom is 0.227 e. The van der Waals surface area contributed by atoms with E-state index < -0.39 is 0 Å². The summed E-state index contributed by atoms with van der Waals surface area (Å²) in [5, 5.41) is 6.25. The molecule has 0 atom stereocenters. The number of nitrogens with one attached hydrogen (secondary N) is 2. The second-order valence-electron chi connectivity index (χ2n) is 4.48. The number of carbonyl (C=O) groups excluding carboxylic acids is 1. The van der Waals surface area contributed by atoms with Crippen molar-refractivity contribution >= 4 is 27.5 Å². The van der Waals surface area contributed by atoms with Gasteiger partial charge in [0, 0.05) is 16.1 Å². The van der Waals surface area contributed by atoms with Crippen molar-refractivity contribution < 1.29 is 4.79 Å². The van der Waals surface area contributed by atoms with Crippen LogP contribution in [0.4, 0.5) is 5.69 Å². The van der Waals surface area contributed by atoms with Crippen molar-refractivity contribution in [3.05, 3.63) is 28.2 Å². The molecule has 1 saturated heterocycles. The third-order valence-electron chi connectivity index (χ3n) is 3.15. The fourth-order valence-corrected chi connectivity index (χ4v) is 2.38. The number of aryl methyl sites for hydroxylation is 1. The van der Waals surface area contributed by atoms with Gasteiger partial charge in [-0.3, -0.25) is 4.79 Å². The van der Waals surface area contributed by atoms with E-state index in [4.69, 9.17) is 0 Å². The Hall–Kier alpha value is -0.870. The van der Waals surface area contributed by atoms with E-state index in [-0.39, 0.29) is 11.8 Å². The zero-order chi connectivity index (χ0) is 12.3. The molecule has 0 bridgehead atoms. The van der Waals surface area contributed by atoms with E-state index in [1.165, 1.54) is 5.56 Å². The van der Waals surface area contributed by atoms with Crippen molar-refractivity contribution in [3.8, 4) is 0 Å². The summed E-state index contributed by atoms with van der Waals surface area (Å²) >= 11 is 3.47. The Morgan fingerprint density at radius 1 is 1.41 bits per heavy atom. The topological polar surface area (TPSA) is 41.1 Å². The summed E-state index contributed by atoms with van der Waals surface area (Å²) in [6, 6.07) is 5.90. The molecule has 1 aromatic carbocycles. The van der Waals surface area contributed by atoms with Gasteiger partial charge in [0.15, 0.2) is 0 Å². The van der Waals surface area contributed by atoms with Crippen LogP contribution in [0.25, 0.3) is 0 Å². The minimum Gasteiger partial charge on any atom is -0.326 e. The molecule has 0 spiro atoms. The first-order valence-electron chi connectivity index (χ1n) is 5.94. The Bertz CT molecular complexity index is 414. The second kappa shape index (κ2) is 5.65. The van der Waals surface area contributed by atoms with Crippen LogP contribution < -0.4 is 10.6 Å². The highest BCUT2D eigenvalue weighted by Crippen LogP contribution is 2.22. The molecule has 92 valence electrons. The molecule has 3 nitrogen and oxygen atoms in total. The SMILES string of the molecule is Cc1ccc(NC(=O)C2CCNCC2)cc1Br. The van der Waals surface area contributed by atoms with Crippen molar-refractivity contribution in [2.24, 2.45) is 5.92 Å². The molecule has 17 heavy (non-hydrogen) atoms. The summed E-state index contributed by atoms with van der Waals surface area (Å²) in [7, 11) is 0. The number of benzene rings is 1. The van der Waals surface area contributed by atoms with Crippen LogP contribution in [-0.4, -0.2) is 19.0 Å². The van der Waals surface area contributed by atoms with Crippen LogP contribution >= 0.6 is 15.9 Å². The lowest BCUT2D eigenvalue weighted by Gasteiger charge is -2.21. The lowest BCUT2D eigenvalue weighted by molar-refractivity contribution is -0.120. The number of anilines is 1. The highest BCUT2D eigenvalue weighted by atomic mass is 79.9. The van der Waals surface area contributed by atoms with E-state index in [2.05, 4.69) is 26.6 Å². The Labute approximate surface area is 110 Å². The molecule has 0 unspecified atom stereocenters. The van der Waals surface area contributed by atoms with Crippen LogP contribution in [-0.2, 0) is 4.79 Å². The summed E-state index contributed by atoms with van der Waals surface area (Å²) in [5.74, 6) is 0.290. The van der Waals surface area contributed by atoms with Gasteiger partial charge in [0.1, 0.15) is 0 Å². The molecule has 1 amide bonds. The van der Waals surface area contributed by atoms with E-state index in [9.17, 15) is 4.79 Å². The number of rotatable bonds is 2. The number of carbonyl (C=O) groups is 1. The zero-order valence-corrected chi connectivity index (χ0v) is 11.5. The molecule has 1 fully saturated rings. The van der Waals surface area contributed by atoms with Crippen LogP contribution in [0.2, 0.25) is 0 Å². The van der Waals surface area contributed by atoms with Gasteiger partial charge in [-0.15, -0.1) is 0 Å². The molecular formula is C13H17BrN2O. The standard InChI is InChI=1S/C13H17BrN2O/c1-9-2-3-11(8-12(9)14)16-13(17)10-4-6-15-7-5-10/h2-3,8,10,15H,4-7H2,1H3,(H,16,17). The van der Waals surface area contributed by atoms with Crippen molar-refractivity contribution in [3.63, 3.8) is 0 Å². The molecule has 2 N–H and O–H groups in total. The number of halogens is 1. The van der Waals surface area contributed by atoms with E-state index in [0.717, 1.165) is 36.1 Å². The van der Waals surface area contributed by atoms with Gasteiger partial charge in [-0.05, 0) is 50.6 Å². The summed E-state index contributed by atoms with van der Waals surface area (Å²) in [5.41, 5.74) is 2.04. The first kappa shape index (κ1) is 12.6. The molecule has 0 saturated carbocycles. The van der Waals surface area contributed by atoms with Crippen LogP contribution in [0.15, 0.2) is 22.7 Å². The fraction of sp³-hybridized carbons (Fsp3) is 0.462. The third kappa shape index (κ3) is 3.30. The molecule has 0 aromatic heterocycles. The smallest absolute Gasteiger partial charge is 0.227 e. The molecule has 2 rings (SSSR count). The molecule has 1 heterocycles. The molecule has 0 radical (unpaired) electrons. The van der Waals surface area contributed by atoms with Crippen LogP contribution in [0, 0.1) is 12.8 Å². The zero-order valence-electron chi connectivity index (χ0n) is 9.92. The van der Waals surface area contributed by atoms with Crippen molar-refractivity contribution in [1.82, 2.24) is 5.32 Å². The number of amides is 1. The first-order chi connectivity index (χ1) is 8.16. The van der Waals surface area contributed by atoms with Gasteiger partial charge in [0.05, 0.1) is 0 Å². The number of piperidine rings is 1. The summed E-state index contributed by atoms with van der Waals surface area (Å²) < 4.78 is 1.03. The van der Waals surface area contributed by atoms with Gasteiger partial charge < -0.3 is 10.6 Å². The van der Waals surface area contributed by atoms with Gasteiger partial charge in [-0.25, -0.2) is 0 Å². The molecule has 4 heteroatoms. The average Bonchev–Trinajstić information content (AvgIpc) is 2.35. The second-order valence-corrected chi connectivity index (χ2v) is 5.33. The fourth-order valence-electron chi connectivity index (χ4n) is 2.00. The highest BCUT2D eigenvalue weighted by molar-refractivity contribution is 9.10. The average molecular weight is 297 g/mol. The van der Waals surface area contributed by atoms with Gasteiger partial charge in [-0.1, -0.05) is 22.0 Å². The maximum absolute atomic E-state index is 12.0. The number of hydrogen-bond donors (Lipinski definition) is 2. The van der Waals surface area contributed by atoms with Gasteiger partial charge >= 0.3 is 0 Å². The van der Waals surface area contributed by atoms with Crippen LogP contribution in [0.1, 0.15) is 18.4 Å². The largest absolute Gasteiger partial charge is 0.326 e. The van der Waals surface area contributed by atoms with E-state index in [1.807, 2.05) is 25.1 Å². The Kier molecular flexibility index (Phi) is 4.18. The van der Waals surface area contributed by atoms with E-state index in [0.29, 0.717) is 0 Å². The lowest BCUT2D eigenvalue weighted by atomic mass is 9.97. The monoisotopic (exact) mass is 296 g/mol.